The van der Waals surface area contributed by atoms with Crippen LogP contribution in [0.3, 0.4) is 0 Å². The Morgan fingerprint density at radius 2 is 1.93 bits per heavy atom. The number of aryl methyl sites for hydroxylation is 1. The molecular weight excluding hydrogens is 356 g/mol. The van der Waals surface area contributed by atoms with E-state index in [1.807, 2.05) is 32.0 Å². The van der Waals surface area contributed by atoms with Crippen LogP contribution in [0.2, 0.25) is 0 Å². The van der Waals surface area contributed by atoms with E-state index in [2.05, 4.69) is 26.5 Å². The van der Waals surface area contributed by atoms with Gasteiger partial charge in [0.15, 0.2) is 5.75 Å². The number of aliphatic imine (C=N–C) groups is 1. The summed E-state index contributed by atoms with van der Waals surface area (Å²) in [6.07, 6.45) is 5.06. The second kappa shape index (κ2) is 7.36. The molecule has 0 aliphatic carbocycles. The van der Waals surface area contributed by atoms with Gasteiger partial charge >= 0.3 is 6.03 Å². The fraction of sp³-hybridized carbons (Fsp3) is 0.100. The molecule has 0 radical (unpaired) electrons. The van der Waals surface area contributed by atoms with Crippen LogP contribution in [0.4, 0.5) is 16.2 Å². The SMILES string of the molecule is Cc1cccc(NC(=O)Nc2ccc(ON3C=NC=C4NNC=C43)cc2)c1C. The molecule has 2 aromatic rings. The number of fused-ring (bicyclic) bond motifs is 1. The van der Waals surface area contributed by atoms with Gasteiger partial charge in [-0.15, -0.1) is 0 Å². The van der Waals surface area contributed by atoms with Crippen molar-refractivity contribution in [2.24, 2.45) is 4.99 Å². The zero-order valence-electron chi connectivity index (χ0n) is 15.5. The molecule has 2 amide bonds. The van der Waals surface area contributed by atoms with E-state index < -0.39 is 0 Å². The van der Waals surface area contributed by atoms with Crippen molar-refractivity contribution in [3.63, 3.8) is 0 Å². The van der Waals surface area contributed by atoms with Crippen molar-refractivity contribution >= 4 is 23.7 Å². The highest BCUT2D eigenvalue weighted by Crippen LogP contribution is 2.23. The first-order valence-electron chi connectivity index (χ1n) is 8.77. The molecule has 0 fully saturated rings. The van der Waals surface area contributed by atoms with Crippen LogP contribution >= 0.6 is 0 Å². The number of nitrogens with one attached hydrogen (secondary N) is 4. The van der Waals surface area contributed by atoms with E-state index in [4.69, 9.17) is 4.84 Å². The summed E-state index contributed by atoms with van der Waals surface area (Å²) in [5.74, 6) is 0.612. The highest BCUT2D eigenvalue weighted by Gasteiger charge is 2.21. The van der Waals surface area contributed by atoms with Crippen LogP contribution in [-0.2, 0) is 0 Å². The standard InChI is InChI=1S/C20H20N6O2/c1-13-4-3-5-17(14(13)2)24-20(27)23-15-6-8-16(9-7-15)28-26-12-21-10-18-19(26)11-22-25-18/h3-12,22,25H,1-2H3,(H2,23,24,27). The van der Waals surface area contributed by atoms with Crippen LogP contribution < -0.4 is 26.3 Å². The molecule has 8 heteroatoms. The Bertz CT molecular complexity index is 994. The van der Waals surface area contributed by atoms with Crippen molar-refractivity contribution in [3.8, 4) is 5.75 Å². The zero-order valence-corrected chi connectivity index (χ0v) is 15.5. The molecule has 142 valence electrons. The molecule has 4 rings (SSSR count). The molecule has 4 N–H and O–H groups in total. The second-order valence-corrected chi connectivity index (χ2v) is 6.37. The van der Waals surface area contributed by atoms with Gasteiger partial charge in [-0.2, -0.15) is 5.06 Å². The molecule has 0 aromatic heterocycles. The normalized spacial score (nSPS) is 14.3. The zero-order chi connectivity index (χ0) is 19.5. The van der Waals surface area contributed by atoms with Gasteiger partial charge in [-0.3, -0.25) is 5.43 Å². The number of benzene rings is 2. The van der Waals surface area contributed by atoms with E-state index in [1.165, 1.54) is 0 Å². The van der Waals surface area contributed by atoms with E-state index in [0.29, 0.717) is 11.4 Å². The lowest BCUT2D eigenvalue weighted by Gasteiger charge is -2.22. The fourth-order valence-corrected chi connectivity index (χ4v) is 2.79. The molecule has 2 aliphatic rings. The minimum atomic E-state index is -0.298. The van der Waals surface area contributed by atoms with Gasteiger partial charge in [-0.1, -0.05) is 12.1 Å². The predicted molar refractivity (Wildman–Crippen MR) is 108 cm³/mol. The smallest absolute Gasteiger partial charge is 0.323 e. The van der Waals surface area contributed by atoms with Crippen molar-refractivity contribution in [3.05, 3.63) is 77.4 Å². The second-order valence-electron chi connectivity index (χ2n) is 6.37. The number of nitrogens with zero attached hydrogens (tertiary/aromatic N) is 2. The van der Waals surface area contributed by atoms with Crippen LogP contribution in [0.15, 0.2) is 71.3 Å². The molecule has 0 unspecified atom stereocenters. The maximum Gasteiger partial charge on any atom is 0.323 e. The van der Waals surface area contributed by atoms with Crippen molar-refractivity contribution in [2.75, 3.05) is 10.6 Å². The van der Waals surface area contributed by atoms with Crippen LogP contribution in [0.25, 0.3) is 0 Å². The van der Waals surface area contributed by atoms with E-state index in [0.717, 1.165) is 28.2 Å². The van der Waals surface area contributed by atoms with Gasteiger partial charge in [-0.05, 0) is 55.3 Å². The quantitative estimate of drug-likeness (QED) is 0.657. The summed E-state index contributed by atoms with van der Waals surface area (Å²) in [4.78, 5) is 22.2. The Hall–Kier alpha value is -3.94. The maximum absolute atomic E-state index is 12.3. The lowest BCUT2D eigenvalue weighted by atomic mass is 10.1. The monoisotopic (exact) mass is 376 g/mol. The summed E-state index contributed by atoms with van der Waals surface area (Å²) < 4.78 is 0. The Morgan fingerprint density at radius 1 is 1.11 bits per heavy atom. The van der Waals surface area contributed by atoms with Crippen molar-refractivity contribution in [1.29, 1.82) is 0 Å². The van der Waals surface area contributed by atoms with Crippen LogP contribution in [0, 0.1) is 13.8 Å². The fourth-order valence-electron chi connectivity index (χ4n) is 2.79. The van der Waals surface area contributed by atoms with Gasteiger partial charge in [0.25, 0.3) is 0 Å². The minimum Gasteiger partial charge on any atom is -0.374 e. The Labute approximate surface area is 162 Å². The molecule has 2 heterocycles. The largest absolute Gasteiger partial charge is 0.374 e. The van der Waals surface area contributed by atoms with Gasteiger partial charge in [-0.25, -0.2) is 9.79 Å². The molecule has 0 saturated carbocycles. The van der Waals surface area contributed by atoms with Gasteiger partial charge < -0.3 is 20.9 Å². The summed E-state index contributed by atoms with van der Waals surface area (Å²) in [6.45, 7) is 3.99. The van der Waals surface area contributed by atoms with Gasteiger partial charge in [0.2, 0.25) is 0 Å². The van der Waals surface area contributed by atoms with Crippen molar-refractivity contribution < 1.29 is 9.63 Å². The summed E-state index contributed by atoms with van der Waals surface area (Å²) in [5, 5.41) is 7.24. The van der Waals surface area contributed by atoms with E-state index >= 15 is 0 Å². The third kappa shape index (κ3) is 3.61. The average Bonchev–Trinajstić information content (AvgIpc) is 3.17. The van der Waals surface area contributed by atoms with Gasteiger partial charge in [0.1, 0.15) is 17.7 Å². The Morgan fingerprint density at radius 3 is 2.75 bits per heavy atom. The van der Waals surface area contributed by atoms with Crippen LogP contribution in [0.1, 0.15) is 11.1 Å². The minimum absolute atomic E-state index is 0.298. The predicted octanol–water partition coefficient (Wildman–Crippen LogP) is 3.38. The summed E-state index contributed by atoms with van der Waals surface area (Å²) in [6, 6.07) is 12.6. The first-order chi connectivity index (χ1) is 13.6. The molecular formula is C20H20N6O2. The van der Waals surface area contributed by atoms with Crippen molar-refractivity contribution in [2.45, 2.75) is 13.8 Å². The number of hydrogen-bond donors (Lipinski definition) is 4. The first-order valence-corrected chi connectivity index (χ1v) is 8.77. The number of hydrazine groups is 1. The Balaban J connectivity index is 1.37. The topological polar surface area (TPSA) is 90.0 Å². The molecule has 8 nitrogen and oxygen atoms in total. The molecule has 28 heavy (non-hydrogen) atoms. The molecule has 0 atom stereocenters. The van der Waals surface area contributed by atoms with Crippen LogP contribution in [-0.4, -0.2) is 17.4 Å². The lowest BCUT2D eigenvalue weighted by Crippen LogP contribution is -2.29. The lowest BCUT2D eigenvalue weighted by molar-refractivity contribution is 0.0646. The molecule has 0 spiro atoms. The number of anilines is 2. The van der Waals surface area contributed by atoms with E-state index in [-0.39, 0.29) is 6.03 Å². The van der Waals surface area contributed by atoms with Crippen LogP contribution in [0.5, 0.6) is 5.75 Å². The molecule has 2 aromatic carbocycles. The highest BCUT2D eigenvalue weighted by molar-refractivity contribution is 6.00. The van der Waals surface area contributed by atoms with E-state index in [9.17, 15) is 4.79 Å². The molecule has 0 bridgehead atoms. The highest BCUT2D eigenvalue weighted by atomic mass is 16.7. The number of carbonyl (C=O) groups is 1. The van der Waals surface area contributed by atoms with E-state index in [1.54, 1.807) is 48.1 Å². The number of carbonyl (C=O) groups excluding carboxylic acids is 1. The number of rotatable bonds is 4. The third-order valence-corrected chi connectivity index (χ3v) is 4.47. The molecule has 0 saturated heterocycles. The first kappa shape index (κ1) is 17.5. The summed E-state index contributed by atoms with van der Waals surface area (Å²) in [7, 11) is 0. The summed E-state index contributed by atoms with van der Waals surface area (Å²) in [5.41, 5.74) is 11.1. The number of hydrogen-bond acceptors (Lipinski definition) is 6. The maximum atomic E-state index is 12.3. The summed E-state index contributed by atoms with van der Waals surface area (Å²) >= 11 is 0. The molecule has 2 aliphatic heterocycles. The average molecular weight is 376 g/mol. The van der Waals surface area contributed by atoms with Gasteiger partial charge in [0, 0.05) is 17.6 Å². The number of amides is 2. The Kier molecular flexibility index (Phi) is 4.59. The van der Waals surface area contributed by atoms with Crippen molar-refractivity contribution in [1.82, 2.24) is 15.9 Å². The number of urea groups is 1. The third-order valence-electron chi connectivity index (χ3n) is 4.47. The van der Waals surface area contributed by atoms with Gasteiger partial charge in [0.05, 0.1) is 6.20 Å². The number of hydroxylamine groups is 2.